The number of anilines is 1. The van der Waals surface area contributed by atoms with Crippen molar-refractivity contribution < 1.29 is 0 Å². The maximum atomic E-state index is 12.0. The van der Waals surface area contributed by atoms with Crippen LogP contribution in [0.1, 0.15) is 50.8 Å². The summed E-state index contributed by atoms with van der Waals surface area (Å²) in [6.07, 6.45) is 3.45. The summed E-state index contributed by atoms with van der Waals surface area (Å²) in [6, 6.07) is 4.10. The third kappa shape index (κ3) is 1.66. The SMILES string of the molecule is CC(C)c1ccc(N)c(=O)n1C1CCC1. The fourth-order valence-corrected chi connectivity index (χ4v) is 2.08. The number of aromatic nitrogens is 1. The van der Waals surface area contributed by atoms with Crippen molar-refractivity contribution in [1.82, 2.24) is 4.57 Å². The van der Waals surface area contributed by atoms with E-state index in [-0.39, 0.29) is 5.56 Å². The quantitative estimate of drug-likeness (QED) is 0.807. The molecule has 82 valence electrons. The van der Waals surface area contributed by atoms with Gasteiger partial charge in [0.1, 0.15) is 0 Å². The molecule has 3 nitrogen and oxygen atoms in total. The fourth-order valence-electron chi connectivity index (χ4n) is 2.08. The van der Waals surface area contributed by atoms with E-state index in [9.17, 15) is 4.79 Å². The number of nitrogens with two attached hydrogens (primary N) is 1. The number of nitrogens with zero attached hydrogens (tertiary/aromatic N) is 1. The molecule has 0 radical (unpaired) electrons. The highest BCUT2D eigenvalue weighted by atomic mass is 16.1. The highest BCUT2D eigenvalue weighted by Gasteiger charge is 2.24. The molecule has 2 N–H and O–H groups in total. The van der Waals surface area contributed by atoms with Gasteiger partial charge in [-0.25, -0.2) is 0 Å². The van der Waals surface area contributed by atoms with Crippen LogP contribution in [0.25, 0.3) is 0 Å². The summed E-state index contributed by atoms with van der Waals surface area (Å²) in [7, 11) is 0. The molecule has 0 bridgehead atoms. The van der Waals surface area contributed by atoms with Crippen LogP contribution in [0.15, 0.2) is 16.9 Å². The summed E-state index contributed by atoms with van der Waals surface area (Å²) < 4.78 is 1.91. The third-order valence-electron chi connectivity index (χ3n) is 3.21. The summed E-state index contributed by atoms with van der Waals surface area (Å²) in [6.45, 7) is 4.22. The van der Waals surface area contributed by atoms with Crippen LogP contribution in [-0.4, -0.2) is 4.57 Å². The summed E-state index contributed by atoms with van der Waals surface area (Å²) >= 11 is 0. The molecular weight excluding hydrogens is 188 g/mol. The van der Waals surface area contributed by atoms with Crippen molar-refractivity contribution in [2.75, 3.05) is 5.73 Å². The zero-order valence-electron chi connectivity index (χ0n) is 9.36. The van der Waals surface area contributed by atoms with E-state index in [1.54, 1.807) is 6.07 Å². The first-order valence-electron chi connectivity index (χ1n) is 5.62. The second-order valence-corrected chi connectivity index (χ2v) is 4.63. The number of nitrogen functional groups attached to an aromatic ring is 1. The Balaban J connectivity index is 2.55. The molecule has 0 aromatic carbocycles. The van der Waals surface area contributed by atoms with Crippen molar-refractivity contribution in [1.29, 1.82) is 0 Å². The zero-order chi connectivity index (χ0) is 11.0. The maximum Gasteiger partial charge on any atom is 0.274 e. The second kappa shape index (κ2) is 3.72. The van der Waals surface area contributed by atoms with Crippen LogP contribution in [-0.2, 0) is 0 Å². The van der Waals surface area contributed by atoms with Gasteiger partial charge in [0, 0.05) is 11.7 Å². The zero-order valence-corrected chi connectivity index (χ0v) is 9.36. The highest BCUT2D eigenvalue weighted by Crippen LogP contribution is 2.33. The lowest BCUT2D eigenvalue weighted by Crippen LogP contribution is -2.33. The van der Waals surface area contributed by atoms with Gasteiger partial charge in [0.05, 0.1) is 5.69 Å². The van der Waals surface area contributed by atoms with E-state index in [0.717, 1.165) is 18.5 Å². The summed E-state index contributed by atoms with van der Waals surface area (Å²) in [5, 5.41) is 0. The van der Waals surface area contributed by atoms with Crippen molar-refractivity contribution in [3.63, 3.8) is 0 Å². The van der Waals surface area contributed by atoms with Gasteiger partial charge in [-0.2, -0.15) is 0 Å². The molecule has 1 saturated carbocycles. The van der Waals surface area contributed by atoms with Gasteiger partial charge in [-0.15, -0.1) is 0 Å². The molecular formula is C12H18N2O. The number of rotatable bonds is 2. The Morgan fingerprint density at radius 1 is 1.40 bits per heavy atom. The minimum Gasteiger partial charge on any atom is -0.394 e. The van der Waals surface area contributed by atoms with Crippen molar-refractivity contribution in [2.45, 2.75) is 45.1 Å². The van der Waals surface area contributed by atoms with Gasteiger partial charge >= 0.3 is 0 Å². The van der Waals surface area contributed by atoms with Crippen molar-refractivity contribution in [2.24, 2.45) is 0 Å². The molecule has 0 aliphatic heterocycles. The van der Waals surface area contributed by atoms with Gasteiger partial charge < -0.3 is 10.3 Å². The Hall–Kier alpha value is -1.25. The first-order chi connectivity index (χ1) is 7.11. The Kier molecular flexibility index (Phi) is 2.55. The Morgan fingerprint density at radius 3 is 2.53 bits per heavy atom. The number of pyridine rings is 1. The molecule has 0 amide bonds. The molecule has 1 aliphatic rings. The van der Waals surface area contributed by atoms with Gasteiger partial charge in [0.2, 0.25) is 0 Å². The topological polar surface area (TPSA) is 48.0 Å². The maximum absolute atomic E-state index is 12.0. The molecule has 1 fully saturated rings. The minimum absolute atomic E-state index is 0.00843. The molecule has 1 aliphatic carbocycles. The van der Waals surface area contributed by atoms with E-state index >= 15 is 0 Å². The largest absolute Gasteiger partial charge is 0.394 e. The van der Waals surface area contributed by atoms with Gasteiger partial charge in [-0.05, 0) is 37.3 Å². The van der Waals surface area contributed by atoms with Gasteiger partial charge in [0.25, 0.3) is 5.56 Å². The fraction of sp³-hybridized carbons (Fsp3) is 0.583. The predicted octanol–water partition coefficient (Wildman–Crippen LogP) is 2.28. The van der Waals surface area contributed by atoms with Crippen LogP contribution in [0.3, 0.4) is 0 Å². The van der Waals surface area contributed by atoms with E-state index in [1.807, 2.05) is 10.6 Å². The van der Waals surface area contributed by atoms with E-state index in [4.69, 9.17) is 5.73 Å². The molecule has 0 spiro atoms. The van der Waals surface area contributed by atoms with E-state index < -0.39 is 0 Å². The van der Waals surface area contributed by atoms with Crippen LogP contribution in [0.4, 0.5) is 5.69 Å². The van der Waals surface area contributed by atoms with E-state index in [2.05, 4.69) is 13.8 Å². The summed E-state index contributed by atoms with van der Waals surface area (Å²) in [5.41, 5.74) is 7.14. The lowest BCUT2D eigenvalue weighted by Gasteiger charge is -2.31. The van der Waals surface area contributed by atoms with E-state index in [0.29, 0.717) is 17.6 Å². The first-order valence-corrected chi connectivity index (χ1v) is 5.62. The lowest BCUT2D eigenvalue weighted by atomic mass is 9.91. The molecule has 3 heteroatoms. The van der Waals surface area contributed by atoms with Gasteiger partial charge in [-0.3, -0.25) is 4.79 Å². The van der Waals surface area contributed by atoms with Crippen LogP contribution < -0.4 is 11.3 Å². The summed E-state index contributed by atoms with van der Waals surface area (Å²) in [4.78, 5) is 12.0. The van der Waals surface area contributed by atoms with Crippen LogP contribution in [0.2, 0.25) is 0 Å². The Labute approximate surface area is 89.9 Å². The van der Waals surface area contributed by atoms with Crippen molar-refractivity contribution >= 4 is 5.69 Å². The Bertz CT molecular complexity index is 416. The lowest BCUT2D eigenvalue weighted by molar-refractivity contribution is 0.297. The second-order valence-electron chi connectivity index (χ2n) is 4.63. The summed E-state index contributed by atoms with van der Waals surface area (Å²) in [5.74, 6) is 0.374. The van der Waals surface area contributed by atoms with Gasteiger partial charge in [0.15, 0.2) is 0 Å². The molecule has 1 heterocycles. The molecule has 0 atom stereocenters. The first kappa shape index (κ1) is 10.3. The predicted molar refractivity (Wildman–Crippen MR) is 62.1 cm³/mol. The van der Waals surface area contributed by atoms with Crippen LogP contribution in [0, 0.1) is 0 Å². The van der Waals surface area contributed by atoms with Gasteiger partial charge in [-0.1, -0.05) is 13.8 Å². The normalized spacial score (nSPS) is 16.7. The number of hydrogen-bond acceptors (Lipinski definition) is 2. The minimum atomic E-state index is -0.00843. The van der Waals surface area contributed by atoms with Crippen LogP contribution >= 0.6 is 0 Å². The smallest absolute Gasteiger partial charge is 0.274 e. The highest BCUT2D eigenvalue weighted by molar-refractivity contribution is 5.36. The average Bonchev–Trinajstić information content (AvgIpc) is 2.09. The molecule has 0 unspecified atom stereocenters. The van der Waals surface area contributed by atoms with Crippen molar-refractivity contribution in [3.05, 3.63) is 28.2 Å². The third-order valence-corrected chi connectivity index (χ3v) is 3.21. The molecule has 1 aromatic rings. The molecule has 15 heavy (non-hydrogen) atoms. The monoisotopic (exact) mass is 206 g/mol. The van der Waals surface area contributed by atoms with E-state index in [1.165, 1.54) is 6.42 Å². The Morgan fingerprint density at radius 2 is 2.07 bits per heavy atom. The average molecular weight is 206 g/mol. The van der Waals surface area contributed by atoms with Crippen molar-refractivity contribution in [3.8, 4) is 0 Å². The number of hydrogen-bond donors (Lipinski definition) is 1. The molecule has 1 aromatic heterocycles. The van der Waals surface area contributed by atoms with Crippen LogP contribution in [0.5, 0.6) is 0 Å². The molecule has 2 rings (SSSR count). The molecule has 0 saturated heterocycles. The standard InChI is InChI=1S/C12H18N2O/c1-8(2)11-7-6-10(13)12(15)14(11)9-4-3-5-9/h6-9H,3-5,13H2,1-2H3.